The second-order valence-corrected chi connectivity index (χ2v) is 14.1. The SMILES string of the molecule is [2H]C([2H])(NC(=O)c1cc([N+](=O)[O-])cc([N+](=O)[O-])c1N(CCBr)CCOS(C)(=O)=O)C([2H])([2H])OP(=O)(OC(C)(C)C)OC(C)(C)C. The third-order valence-electron chi connectivity index (χ3n) is 4.21. The monoisotopic (exact) mass is 694 g/mol. The number of nitro groups is 2. The third-order valence-corrected chi connectivity index (χ3v) is 7.02. The van der Waals surface area contributed by atoms with Crippen molar-refractivity contribution in [2.75, 3.05) is 49.2 Å². The Labute approximate surface area is 252 Å². The molecular weight excluding hydrogens is 655 g/mol. The molecule has 234 valence electrons. The fraction of sp³-hybridized carbons (Fsp3) is 0.682. The van der Waals surface area contributed by atoms with E-state index in [1.165, 1.54) is 41.5 Å². The Hall–Kier alpha value is -2.21. The molecule has 0 spiro atoms. The lowest BCUT2D eigenvalue weighted by Gasteiger charge is -2.30. The number of anilines is 1. The number of halogens is 1. The first kappa shape index (κ1) is 30.3. The summed E-state index contributed by atoms with van der Waals surface area (Å²) < 4.78 is 89.8. The summed E-state index contributed by atoms with van der Waals surface area (Å²) in [6.45, 7) is 0.304. The smallest absolute Gasteiger partial charge is 0.362 e. The normalized spacial score (nSPS) is 14.8. The van der Waals surface area contributed by atoms with E-state index >= 15 is 0 Å². The first-order valence-electron chi connectivity index (χ1n) is 13.7. The van der Waals surface area contributed by atoms with E-state index in [1.807, 2.05) is 0 Å². The zero-order valence-electron chi connectivity index (χ0n) is 27.5. The molecule has 1 aromatic rings. The van der Waals surface area contributed by atoms with Crippen LogP contribution >= 0.6 is 23.8 Å². The van der Waals surface area contributed by atoms with Crippen molar-refractivity contribution >= 4 is 56.8 Å². The molecule has 1 aromatic carbocycles. The van der Waals surface area contributed by atoms with Gasteiger partial charge in [0.25, 0.3) is 27.4 Å². The number of nitrogens with one attached hydrogen (secondary N) is 1. The number of carbonyl (C=O) groups is 1. The van der Waals surface area contributed by atoms with Crippen LogP contribution in [0.15, 0.2) is 12.1 Å². The topological polar surface area (TPSA) is 207 Å². The lowest BCUT2D eigenvalue weighted by molar-refractivity contribution is -0.393. The number of hydrogen-bond acceptors (Lipinski definition) is 13. The number of alkyl halides is 1. The van der Waals surface area contributed by atoms with Gasteiger partial charge < -0.3 is 10.2 Å². The number of hydrogen-bond donors (Lipinski definition) is 1. The Morgan fingerprint density at radius 1 is 1.10 bits per heavy atom. The van der Waals surface area contributed by atoms with Crippen LogP contribution in [-0.2, 0) is 32.4 Å². The molecule has 0 radical (unpaired) electrons. The van der Waals surface area contributed by atoms with Gasteiger partial charge in [-0.3, -0.25) is 42.8 Å². The van der Waals surface area contributed by atoms with E-state index in [1.54, 1.807) is 5.32 Å². The average molecular weight is 696 g/mol. The summed E-state index contributed by atoms with van der Waals surface area (Å²) in [4.78, 5) is 36.2. The summed E-state index contributed by atoms with van der Waals surface area (Å²) in [5, 5.41) is 25.4. The predicted molar refractivity (Wildman–Crippen MR) is 154 cm³/mol. The van der Waals surface area contributed by atoms with Crippen molar-refractivity contribution in [3.8, 4) is 0 Å². The quantitative estimate of drug-likeness (QED) is 0.0848. The lowest BCUT2D eigenvalue weighted by Crippen LogP contribution is -2.34. The van der Waals surface area contributed by atoms with Gasteiger partial charge in [-0.15, -0.1) is 0 Å². The van der Waals surface area contributed by atoms with Crippen molar-refractivity contribution in [2.24, 2.45) is 0 Å². The molecule has 0 atom stereocenters. The van der Waals surface area contributed by atoms with E-state index in [-0.39, 0.29) is 11.9 Å². The molecule has 41 heavy (non-hydrogen) atoms. The molecule has 0 unspecified atom stereocenters. The lowest BCUT2D eigenvalue weighted by atomic mass is 10.1. The summed E-state index contributed by atoms with van der Waals surface area (Å²) in [5.74, 6) is -1.58. The number of phosphoric ester groups is 1. The van der Waals surface area contributed by atoms with Crippen molar-refractivity contribution in [1.29, 1.82) is 0 Å². The van der Waals surface area contributed by atoms with Crippen LogP contribution in [0.2, 0.25) is 0 Å². The first-order chi connectivity index (χ1) is 20.0. The molecule has 0 heterocycles. The van der Waals surface area contributed by atoms with E-state index in [0.717, 1.165) is 11.2 Å². The Bertz CT molecular complexity index is 1420. The van der Waals surface area contributed by atoms with Gasteiger partial charge in [0.2, 0.25) is 0 Å². The van der Waals surface area contributed by atoms with E-state index in [0.29, 0.717) is 12.1 Å². The average Bonchev–Trinajstić information content (AvgIpc) is 2.78. The maximum absolute atomic E-state index is 13.5. The van der Waals surface area contributed by atoms with Crippen LogP contribution in [0.3, 0.4) is 0 Å². The molecule has 0 aliphatic carbocycles. The minimum atomic E-state index is -4.92. The Morgan fingerprint density at radius 2 is 1.66 bits per heavy atom. The van der Waals surface area contributed by atoms with Crippen molar-refractivity contribution < 1.29 is 50.9 Å². The molecule has 19 heteroatoms. The van der Waals surface area contributed by atoms with Crippen LogP contribution in [-0.4, -0.2) is 79.7 Å². The fourth-order valence-electron chi connectivity index (χ4n) is 3.05. The summed E-state index contributed by atoms with van der Waals surface area (Å²) in [7, 11) is -8.88. The third kappa shape index (κ3) is 13.5. The highest BCUT2D eigenvalue weighted by molar-refractivity contribution is 9.09. The summed E-state index contributed by atoms with van der Waals surface area (Å²) in [6, 6.07) is 1.14. The molecule has 0 aliphatic heterocycles. The number of rotatable bonds is 16. The molecule has 0 bridgehead atoms. The minimum Gasteiger partial charge on any atom is -0.362 e. The van der Waals surface area contributed by atoms with E-state index in [2.05, 4.69) is 15.9 Å². The van der Waals surface area contributed by atoms with E-state index in [4.69, 9.17) is 23.2 Å². The zero-order chi connectivity index (χ0) is 35.4. The molecule has 0 saturated heterocycles. The number of amides is 1. The molecule has 1 amide bonds. The standard InChI is InChI=1S/C22H36BrN4O12PS/c1-21(2,3)38-40(33,39-22(4,5)6)36-12-9-24-20(28)17-14-16(26(29)30)15-18(27(31)32)19(17)25(10-8-23)11-13-37-41(7,34)35/h14-15H,8-13H2,1-7H3,(H,24,28)/i9D2,12D2. The van der Waals surface area contributed by atoms with Crippen LogP contribution in [0.1, 0.15) is 57.4 Å². The Balaban J connectivity index is 3.75. The molecule has 16 nitrogen and oxygen atoms in total. The Morgan fingerprint density at radius 3 is 2.10 bits per heavy atom. The number of benzene rings is 1. The van der Waals surface area contributed by atoms with Gasteiger partial charge in [-0.1, -0.05) is 15.9 Å². The number of nitro benzene ring substituents is 2. The van der Waals surface area contributed by atoms with E-state index in [9.17, 15) is 38.0 Å². The number of nitrogens with zero attached hydrogens (tertiary/aromatic N) is 3. The number of carbonyl (C=O) groups excluding carboxylic acids is 1. The highest BCUT2D eigenvalue weighted by Crippen LogP contribution is 2.55. The van der Waals surface area contributed by atoms with Gasteiger partial charge in [-0.2, -0.15) is 8.42 Å². The predicted octanol–water partition coefficient (Wildman–Crippen LogP) is 4.17. The number of non-ortho nitro benzene ring substituents is 1. The van der Waals surface area contributed by atoms with Crippen LogP contribution < -0.4 is 10.2 Å². The molecule has 0 saturated carbocycles. The summed E-state index contributed by atoms with van der Waals surface area (Å²) in [6.07, 6.45) is 0.755. The molecule has 1 N–H and O–H groups in total. The molecule has 0 aromatic heterocycles. The van der Waals surface area contributed by atoms with Crippen LogP contribution in [0.5, 0.6) is 0 Å². The highest BCUT2D eigenvalue weighted by Gasteiger charge is 2.37. The molecular formula is C22H36BrN4O12PS. The van der Waals surface area contributed by atoms with Crippen LogP contribution in [0.25, 0.3) is 0 Å². The van der Waals surface area contributed by atoms with Gasteiger partial charge in [0.15, 0.2) is 0 Å². The highest BCUT2D eigenvalue weighted by atomic mass is 79.9. The van der Waals surface area contributed by atoms with Crippen molar-refractivity contribution in [3.05, 3.63) is 37.9 Å². The van der Waals surface area contributed by atoms with E-state index < -0.39 is 93.7 Å². The van der Waals surface area contributed by atoms with Crippen molar-refractivity contribution in [3.63, 3.8) is 0 Å². The Kier molecular flexibility index (Phi) is 10.9. The van der Waals surface area contributed by atoms with Crippen molar-refractivity contribution in [2.45, 2.75) is 52.7 Å². The van der Waals surface area contributed by atoms with Gasteiger partial charge in [-0.05, 0) is 41.5 Å². The minimum absolute atomic E-state index is 0.0924. The second kappa shape index (κ2) is 14.8. The van der Waals surface area contributed by atoms with Gasteiger partial charge in [0.1, 0.15) is 5.69 Å². The van der Waals surface area contributed by atoms with Gasteiger partial charge >= 0.3 is 7.82 Å². The maximum atomic E-state index is 13.5. The van der Waals surface area contributed by atoms with Crippen LogP contribution in [0, 0.1) is 20.2 Å². The van der Waals surface area contributed by atoms with Gasteiger partial charge in [-0.25, -0.2) is 4.57 Å². The summed E-state index contributed by atoms with van der Waals surface area (Å²) >= 11 is 3.13. The maximum Gasteiger partial charge on any atom is 0.475 e. The number of phosphoric acid groups is 1. The van der Waals surface area contributed by atoms with Gasteiger partial charge in [0.05, 0.1) is 57.6 Å². The molecule has 1 rings (SSSR count). The first-order valence-corrected chi connectivity index (χ1v) is 16.1. The fourth-order valence-corrected chi connectivity index (χ4v) is 5.46. The largest absolute Gasteiger partial charge is 0.475 e. The van der Waals surface area contributed by atoms with Gasteiger partial charge in [0, 0.05) is 31.0 Å². The van der Waals surface area contributed by atoms with Crippen molar-refractivity contribution in [1.82, 2.24) is 5.32 Å². The van der Waals surface area contributed by atoms with Crippen LogP contribution in [0.4, 0.5) is 17.1 Å². The molecule has 0 aliphatic rings. The second-order valence-electron chi connectivity index (χ2n) is 10.2. The summed E-state index contributed by atoms with van der Waals surface area (Å²) in [5.41, 5.74) is -5.85. The zero-order valence-corrected chi connectivity index (χ0v) is 26.8. The molecule has 0 fully saturated rings.